The molecule has 0 atom stereocenters. The maximum absolute atomic E-state index is 14.0. The van der Waals surface area contributed by atoms with Crippen LogP contribution in [0.15, 0.2) is 54.6 Å². The lowest BCUT2D eigenvalue weighted by Crippen LogP contribution is -2.34. The Kier molecular flexibility index (Phi) is 7.14. The number of aryl methyl sites for hydroxylation is 2. The van der Waals surface area contributed by atoms with E-state index >= 15 is 0 Å². The molecule has 0 unspecified atom stereocenters. The fourth-order valence-electron chi connectivity index (χ4n) is 4.44. The van der Waals surface area contributed by atoms with Gasteiger partial charge >= 0.3 is 0 Å². The lowest BCUT2D eigenvalue weighted by Gasteiger charge is -2.32. The molecule has 1 aromatic heterocycles. The Bertz CT molecular complexity index is 1140. The van der Waals surface area contributed by atoms with E-state index in [0.29, 0.717) is 24.2 Å². The minimum absolute atomic E-state index is 0.116. The van der Waals surface area contributed by atoms with Crippen LogP contribution < -0.4 is 5.32 Å². The van der Waals surface area contributed by atoms with Crippen molar-refractivity contribution >= 4 is 5.91 Å². The van der Waals surface area contributed by atoms with E-state index < -0.39 is 11.6 Å². The summed E-state index contributed by atoms with van der Waals surface area (Å²) in [5, 5.41) is 3.03. The Balaban J connectivity index is 1.41. The molecule has 4 rings (SSSR count). The topological polar surface area (TPSA) is 45.2 Å². The Morgan fingerprint density at radius 3 is 2.58 bits per heavy atom. The summed E-state index contributed by atoms with van der Waals surface area (Å²) < 4.78 is 27.2. The quantitative estimate of drug-likeness (QED) is 0.557. The van der Waals surface area contributed by atoms with Crippen LogP contribution in [-0.4, -0.2) is 28.9 Å². The van der Waals surface area contributed by atoms with Gasteiger partial charge in [-0.3, -0.25) is 14.7 Å². The molecule has 1 saturated heterocycles. The number of pyridine rings is 1. The van der Waals surface area contributed by atoms with Crippen LogP contribution >= 0.6 is 0 Å². The van der Waals surface area contributed by atoms with Gasteiger partial charge in [0.15, 0.2) is 0 Å². The van der Waals surface area contributed by atoms with Crippen molar-refractivity contribution in [2.75, 3.05) is 13.1 Å². The second-order valence-corrected chi connectivity index (χ2v) is 8.84. The van der Waals surface area contributed by atoms with E-state index in [9.17, 15) is 13.6 Å². The predicted octanol–water partition coefficient (Wildman–Crippen LogP) is 5.29. The zero-order valence-corrected chi connectivity index (χ0v) is 19.1. The first-order valence-corrected chi connectivity index (χ1v) is 11.4. The van der Waals surface area contributed by atoms with E-state index in [1.54, 1.807) is 0 Å². The summed E-state index contributed by atoms with van der Waals surface area (Å²) in [6, 6.07) is 15.6. The van der Waals surface area contributed by atoms with Crippen molar-refractivity contribution in [2.45, 2.75) is 45.7 Å². The zero-order chi connectivity index (χ0) is 23.4. The van der Waals surface area contributed by atoms with Gasteiger partial charge in [-0.05, 0) is 63.5 Å². The Morgan fingerprint density at radius 2 is 1.85 bits per heavy atom. The second kappa shape index (κ2) is 10.2. The van der Waals surface area contributed by atoms with E-state index in [-0.39, 0.29) is 11.8 Å². The van der Waals surface area contributed by atoms with Gasteiger partial charge in [-0.25, -0.2) is 8.78 Å². The molecule has 6 heteroatoms. The number of halogens is 2. The average Bonchev–Trinajstić information content (AvgIpc) is 2.80. The third kappa shape index (κ3) is 5.82. The molecule has 0 bridgehead atoms. The normalized spacial score (nSPS) is 14.9. The molecule has 0 spiro atoms. The summed E-state index contributed by atoms with van der Waals surface area (Å²) in [5.74, 6) is -1.02. The number of amides is 1. The molecule has 1 aliphatic rings. The van der Waals surface area contributed by atoms with Crippen LogP contribution in [0.4, 0.5) is 8.78 Å². The molecule has 1 N–H and O–H groups in total. The van der Waals surface area contributed by atoms with E-state index in [1.807, 2.05) is 44.2 Å². The van der Waals surface area contributed by atoms with Crippen LogP contribution in [0.2, 0.25) is 0 Å². The van der Waals surface area contributed by atoms with Crippen LogP contribution in [0.3, 0.4) is 0 Å². The molecule has 1 aliphatic heterocycles. The summed E-state index contributed by atoms with van der Waals surface area (Å²) in [4.78, 5) is 19.9. The highest BCUT2D eigenvalue weighted by Gasteiger charge is 2.26. The number of hydrogen-bond donors (Lipinski definition) is 1. The van der Waals surface area contributed by atoms with Gasteiger partial charge in [0, 0.05) is 36.3 Å². The molecule has 172 valence electrons. The molecule has 2 heterocycles. The predicted molar refractivity (Wildman–Crippen MR) is 125 cm³/mol. The maximum atomic E-state index is 14.0. The van der Waals surface area contributed by atoms with Gasteiger partial charge in [-0.1, -0.05) is 35.9 Å². The highest BCUT2D eigenvalue weighted by molar-refractivity contribution is 5.95. The van der Waals surface area contributed by atoms with E-state index in [4.69, 9.17) is 4.98 Å². The van der Waals surface area contributed by atoms with Crippen molar-refractivity contribution in [1.29, 1.82) is 0 Å². The Morgan fingerprint density at radius 1 is 1.06 bits per heavy atom. The molecule has 4 nitrogen and oxygen atoms in total. The minimum atomic E-state index is -0.561. The lowest BCUT2D eigenvalue weighted by atomic mass is 9.89. The van der Waals surface area contributed by atoms with Crippen LogP contribution in [0.5, 0.6) is 0 Å². The first kappa shape index (κ1) is 23.1. The summed E-state index contributed by atoms with van der Waals surface area (Å²) in [6.45, 7) is 6.41. The van der Waals surface area contributed by atoms with E-state index in [1.165, 1.54) is 12.1 Å². The van der Waals surface area contributed by atoms with Crippen LogP contribution in [-0.2, 0) is 13.1 Å². The Hall–Kier alpha value is -3.12. The molecule has 0 radical (unpaired) electrons. The highest BCUT2D eigenvalue weighted by atomic mass is 19.1. The van der Waals surface area contributed by atoms with Gasteiger partial charge in [0.2, 0.25) is 0 Å². The highest BCUT2D eigenvalue weighted by Crippen LogP contribution is 2.30. The van der Waals surface area contributed by atoms with Crippen LogP contribution in [0.25, 0.3) is 0 Å². The number of rotatable bonds is 6. The zero-order valence-electron chi connectivity index (χ0n) is 19.1. The fraction of sp³-hybridized carbons (Fsp3) is 0.333. The molecule has 2 aromatic carbocycles. The smallest absolute Gasteiger partial charge is 0.253 e. The Labute approximate surface area is 193 Å². The summed E-state index contributed by atoms with van der Waals surface area (Å²) in [6.07, 6.45) is 1.66. The van der Waals surface area contributed by atoms with Crippen molar-refractivity contribution in [3.05, 3.63) is 99.9 Å². The third-order valence-electron chi connectivity index (χ3n) is 6.23. The van der Waals surface area contributed by atoms with Gasteiger partial charge in [-0.15, -0.1) is 0 Å². The third-order valence-corrected chi connectivity index (χ3v) is 6.23. The number of carbonyl (C=O) groups excluding carboxylic acids is 1. The monoisotopic (exact) mass is 449 g/mol. The summed E-state index contributed by atoms with van der Waals surface area (Å²) in [7, 11) is 0. The number of likely N-dealkylation sites (tertiary alicyclic amines) is 1. The summed E-state index contributed by atoms with van der Waals surface area (Å²) >= 11 is 0. The number of aromatic nitrogens is 1. The average molecular weight is 450 g/mol. The number of nitrogens with one attached hydrogen (secondary N) is 1. The van der Waals surface area contributed by atoms with Crippen molar-refractivity contribution < 1.29 is 13.6 Å². The number of hydrogen-bond acceptors (Lipinski definition) is 3. The fourth-order valence-corrected chi connectivity index (χ4v) is 4.44. The van der Waals surface area contributed by atoms with Crippen LogP contribution in [0.1, 0.15) is 57.2 Å². The molecule has 1 fully saturated rings. The SMILES string of the molecule is Cc1cccc(CNC(=O)c2ccc(C)nc2C2CCN(Cc3ccc(F)cc3F)CC2)c1. The van der Waals surface area contributed by atoms with Gasteiger partial charge in [-0.2, -0.15) is 0 Å². The molecule has 0 aliphatic carbocycles. The maximum Gasteiger partial charge on any atom is 0.253 e. The number of carbonyl (C=O) groups is 1. The molecular formula is C27H29F2N3O. The number of piperidine rings is 1. The molecular weight excluding hydrogens is 420 g/mol. The van der Waals surface area contributed by atoms with Crippen LogP contribution in [0, 0.1) is 25.5 Å². The standard InChI is InChI=1S/C27H29F2N3O/c1-18-4-3-5-20(14-18)16-30-27(33)24-9-6-19(2)31-26(24)21-10-12-32(13-11-21)17-22-7-8-23(28)15-25(22)29/h3-9,14-15,21H,10-13,16-17H2,1-2H3,(H,30,33). The first-order valence-electron chi connectivity index (χ1n) is 11.4. The lowest BCUT2D eigenvalue weighted by molar-refractivity contribution is 0.0948. The molecule has 3 aromatic rings. The van der Waals surface area contributed by atoms with Crippen molar-refractivity contribution in [2.24, 2.45) is 0 Å². The number of benzene rings is 2. The second-order valence-electron chi connectivity index (χ2n) is 8.84. The molecule has 0 saturated carbocycles. The van der Waals surface area contributed by atoms with Gasteiger partial charge in [0.25, 0.3) is 5.91 Å². The van der Waals surface area contributed by atoms with Crippen molar-refractivity contribution in [3.8, 4) is 0 Å². The largest absolute Gasteiger partial charge is 0.348 e. The van der Waals surface area contributed by atoms with Crippen molar-refractivity contribution in [3.63, 3.8) is 0 Å². The van der Waals surface area contributed by atoms with Crippen molar-refractivity contribution in [1.82, 2.24) is 15.2 Å². The molecule has 1 amide bonds. The minimum Gasteiger partial charge on any atom is -0.348 e. The van der Waals surface area contributed by atoms with Gasteiger partial charge in [0.05, 0.1) is 11.3 Å². The van der Waals surface area contributed by atoms with E-state index in [0.717, 1.165) is 54.5 Å². The van der Waals surface area contributed by atoms with Gasteiger partial charge in [0.1, 0.15) is 11.6 Å². The first-order chi connectivity index (χ1) is 15.9. The summed E-state index contributed by atoms with van der Waals surface area (Å²) in [5.41, 5.74) is 5.06. The number of nitrogens with zero attached hydrogens (tertiary/aromatic N) is 2. The van der Waals surface area contributed by atoms with E-state index in [2.05, 4.69) is 16.3 Å². The molecule has 33 heavy (non-hydrogen) atoms. The van der Waals surface area contributed by atoms with Gasteiger partial charge < -0.3 is 5.32 Å².